The maximum absolute atomic E-state index is 6.02. The third kappa shape index (κ3) is 4.00. The van der Waals surface area contributed by atoms with Gasteiger partial charge < -0.3 is 10.6 Å². The van der Waals surface area contributed by atoms with Gasteiger partial charge in [0.2, 0.25) is 0 Å². The number of nitrogens with zero attached hydrogens (tertiary/aromatic N) is 3. The number of nitrogens with two attached hydrogens (primary N) is 1. The fourth-order valence-corrected chi connectivity index (χ4v) is 2.41. The van der Waals surface area contributed by atoms with Crippen molar-refractivity contribution >= 4 is 23.4 Å². The van der Waals surface area contributed by atoms with E-state index in [2.05, 4.69) is 48.9 Å². The Morgan fingerprint density at radius 3 is 2.42 bits per heavy atom. The number of thioether (sulfide) groups is 1. The lowest BCUT2D eigenvalue weighted by atomic mass is 10.1. The predicted molar refractivity (Wildman–Crippen MR) is 86.1 cm³/mol. The van der Waals surface area contributed by atoms with Gasteiger partial charge in [-0.1, -0.05) is 13.8 Å². The van der Waals surface area contributed by atoms with Gasteiger partial charge in [0.05, 0.1) is 0 Å². The van der Waals surface area contributed by atoms with Gasteiger partial charge in [-0.15, -0.1) is 0 Å². The van der Waals surface area contributed by atoms with Crippen LogP contribution in [-0.4, -0.2) is 35.1 Å². The second-order valence-corrected chi connectivity index (χ2v) is 6.30. The third-order valence-corrected chi connectivity index (χ3v) is 4.07. The lowest BCUT2D eigenvalue weighted by Gasteiger charge is -2.28. The Balaban J connectivity index is 3.04. The molecule has 0 fully saturated rings. The molecule has 4 nitrogen and oxygen atoms in total. The van der Waals surface area contributed by atoms with Crippen molar-refractivity contribution in [1.29, 1.82) is 0 Å². The molecular formula is C14H26N4S. The molecule has 0 saturated heterocycles. The van der Waals surface area contributed by atoms with Crippen LogP contribution >= 0.6 is 11.8 Å². The number of hydrogen-bond donors (Lipinski definition) is 1. The fourth-order valence-electron chi connectivity index (χ4n) is 1.83. The highest BCUT2D eigenvalue weighted by molar-refractivity contribution is 7.98. The number of anilines is 2. The summed E-state index contributed by atoms with van der Waals surface area (Å²) in [5.74, 6) is 3.82. The van der Waals surface area contributed by atoms with Gasteiger partial charge >= 0.3 is 0 Å². The van der Waals surface area contributed by atoms with E-state index in [-0.39, 0.29) is 5.92 Å². The van der Waals surface area contributed by atoms with Crippen molar-refractivity contribution < 1.29 is 0 Å². The zero-order chi connectivity index (χ0) is 14.6. The highest BCUT2D eigenvalue weighted by Crippen LogP contribution is 2.25. The van der Waals surface area contributed by atoms with Crippen molar-refractivity contribution in [3.63, 3.8) is 0 Å². The Bertz CT molecular complexity index is 420. The van der Waals surface area contributed by atoms with Crippen molar-refractivity contribution in [1.82, 2.24) is 9.97 Å². The van der Waals surface area contributed by atoms with Gasteiger partial charge in [-0.2, -0.15) is 11.8 Å². The minimum absolute atomic E-state index is 0.288. The van der Waals surface area contributed by atoms with Crippen LogP contribution in [-0.2, 0) is 0 Å². The summed E-state index contributed by atoms with van der Waals surface area (Å²) in [5.41, 5.74) is 6.99. The van der Waals surface area contributed by atoms with E-state index in [0.29, 0.717) is 11.9 Å². The first kappa shape index (κ1) is 16.1. The zero-order valence-corrected chi connectivity index (χ0v) is 13.7. The molecule has 0 aliphatic heterocycles. The molecule has 0 saturated carbocycles. The third-order valence-electron chi connectivity index (χ3n) is 3.43. The molecule has 0 aromatic carbocycles. The van der Waals surface area contributed by atoms with Gasteiger partial charge in [-0.25, -0.2) is 9.97 Å². The van der Waals surface area contributed by atoms with Gasteiger partial charge in [0.25, 0.3) is 0 Å². The summed E-state index contributed by atoms with van der Waals surface area (Å²) in [6.45, 7) is 8.39. The van der Waals surface area contributed by atoms with Crippen LogP contribution in [0.1, 0.15) is 44.5 Å². The first-order valence-corrected chi connectivity index (χ1v) is 8.13. The summed E-state index contributed by atoms with van der Waals surface area (Å²) in [5, 5.41) is 0. The maximum atomic E-state index is 6.02. The molecule has 0 aliphatic carbocycles. The van der Waals surface area contributed by atoms with Crippen LogP contribution in [0, 0.1) is 6.92 Å². The Morgan fingerprint density at radius 2 is 1.89 bits per heavy atom. The largest absolute Gasteiger partial charge is 0.383 e. The number of aromatic nitrogens is 2. The van der Waals surface area contributed by atoms with Crippen molar-refractivity contribution in [2.45, 2.75) is 46.1 Å². The number of hydrogen-bond acceptors (Lipinski definition) is 5. The highest BCUT2D eigenvalue weighted by Gasteiger charge is 2.17. The quantitative estimate of drug-likeness (QED) is 0.869. The van der Waals surface area contributed by atoms with E-state index in [1.807, 2.05) is 18.7 Å². The van der Waals surface area contributed by atoms with Crippen molar-refractivity contribution in [2.75, 3.05) is 29.7 Å². The van der Waals surface area contributed by atoms with E-state index < -0.39 is 0 Å². The predicted octanol–water partition coefficient (Wildman–Crippen LogP) is 3.07. The average molecular weight is 282 g/mol. The Labute approximate surface area is 121 Å². The Morgan fingerprint density at radius 1 is 1.26 bits per heavy atom. The average Bonchev–Trinajstić information content (AvgIpc) is 2.37. The van der Waals surface area contributed by atoms with Gasteiger partial charge in [-0.05, 0) is 32.3 Å². The summed E-state index contributed by atoms with van der Waals surface area (Å²) >= 11 is 1.87. The SMILES string of the molecule is CSCCC(C)N(C)c1nc(C(C)C)nc(N)c1C. The summed E-state index contributed by atoms with van der Waals surface area (Å²) in [7, 11) is 2.09. The van der Waals surface area contributed by atoms with E-state index in [1.54, 1.807) is 0 Å². The molecule has 1 rings (SSSR count). The molecular weight excluding hydrogens is 256 g/mol. The highest BCUT2D eigenvalue weighted by atomic mass is 32.2. The molecule has 5 heteroatoms. The van der Waals surface area contributed by atoms with E-state index in [4.69, 9.17) is 5.73 Å². The molecule has 1 heterocycles. The van der Waals surface area contributed by atoms with Crippen LogP contribution in [0.2, 0.25) is 0 Å². The molecule has 1 aromatic rings. The van der Waals surface area contributed by atoms with E-state index in [9.17, 15) is 0 Å². The fraction of sp³-hybridized carbons (Fsp3) is 0.714. The van der Waals surface area contributed by atoms with Gasteiger partial charge in [-0.3, -0.25) is 0 Å². The van der Waals surface area contributed by atoms with Gasteiger partial charge in [0, 0.05) is 24.6 Å². The molecule has 1 unspecified atom stereocenters. The maximum Gasteiger partial charge on any atom is 0.137 e. The van der Waals surface area contributed by atoms with Crippen LogP contribution in [0.4, 0.5) is 11.6 Å². The standard InChI is InChI=1S/C14H26N4S/c1-9(2)13-16-12(15)11(4)14(17-13)18(5)10(3)7-8-19-6/h9-10H,7-8H2,1-6H3,(H2,15,16,17). The van der Waals surface area contributed by atoms with Crippen LogP contribution in [0.3, 0.4) is 0 Å². The Kier molecular flexibility index (Phi) is 5.91. The van der Waals surface area contributed by atoms with Crippen LogP contribution < -0.4 is 10.6 Å². The van der Waals surface area contributed by atoms with Gasteiger partial charge in [0.1, 0.15) is 17.5 Å². The van der Waals surface area contributed by atoms with Crippen LogP contribution in [0.5, 0.6) is 0 Å². The van der Waals surface area contributed by atoms with Crippen molar-refractivity contribution in [3.05, 3.63) is 11.4 Å². The lowest BCUT2D eigenvalue weighted by molar-refractivity contribution is 0.653. The van der Waals surface area contributed by atoms with E-state index in [0.717, 1.165) is 29.4 Å². The van der Waals surface area contributed by atoms with Crippen LogP contribution in [0.25, 0.3) is 0 Å². The summed E-state index contributed by atoms with van der Waals surface area (Å²) in [4.78, 5) is 11.3. The minimum atomic E-state index is 0.288. The first-order valence-electron chi connectivity index (χ1n) is 6.74. The Hall–Kier alpha value is -0.970. The second-order valence-electron chi connectivity index (χ2n) is 5.31. The van der Waals surface area contributed by atoms with E-state index >= 15 is 0 Å². The molecule has 108 valence electrons. The van der Waals surface area contributed by atoms with E-state index in [1.165, 1.54) is 0 Å². The molecule has 1 atom stereocenters. The summed E-state index contributed by atoms with van der Waals surface area (Å²) < 4.78 is 0. The minimum Gasteiger partial charge on any atom is -0.383 e. The molecule has 0 amide bonds. The summed E-state index contributed by atoms with van der Waals surface area (Å²) in [6, 6.07) is 0.445. The topological polar surface area (TPSA) is 55.0 Å². The van der Waals surface area contributed by atoms with Gasteiger partial charge in [0.15, 0.2) is 0 Å². The number of nitrogen functional groups attached to an aromatic ring is 1. The zero-order valence-electron chi connectivity index (χ0n) is 12.9. The molecule has 1 aromatic heterocycles. The molecule has 0 radical (unpaired) electrons. The smallest absolute Gasteiger partial charge is 0.137 e. The number of rotatable bonds is 6. The van der Waals surface area contributed by atoms with Crippen LogP contribution in [0.15, 0.2) is 0 Å². The van der Waals surface area contributed by atoms with Crippen molar-refractivity contribution in [3.8, 4) is 0 Å². The molecule has 0 spiro atoms. The molecule has 0 bridgehead atoms. The first-order chi connectivity index (χ1) is 8.88. The summed E-state index contributed by atoms with van der Waals surface area (Å²) in [6.07, 6.45) is 3.27. The van der Waals surface area contributed by atoms with Crippen molar-refractivity contribution in [2.24, 2.45) is 0 Å². The monoisotopic (exact) mass is 282 g/mol. The molecule has 19 heavy (non-hydrogen) atoms. The second kappa shape index (κ2) is 6.98. The normalized spacial score (nSPS) is 12.8. The molecule has 2 N–H and O–H groups in total. The molecule has 0 aliphatic rings. The lowest BCUT2D eigenvalue weighted by Crippen LogP contribution is -2.31.